The number of carbonyl (C=O) groups excluding carboxylic acids is 2. The zero-order chi connectivity index (χ0) is 10.3. The van der Waals surface area contributed by atoms with Gasteiger partial charge >= 0.3 is 11.9 Å². The van der Waals surface area contributed by atoms with Gasteiger partial charge < -0.3 is 4.74 Å². The van der Waals surface area contributed by atoms with Crippen LogP contribution in [0.25, 0.3) is 0 Å². The highest BCUT2D eigenvalue weighted by molar-refractivity contribution is 5.88. The molecule has 3 nitrogen and oxygen atoms in total. The van der Waals surface area contributed by atoms with Crippen molar-refractivity contribution in [3.63, 3.8) is 0 Å². The molecular weight excluding hydrogens is 194 g/mol. The van der Waals surface area contributed by atoms with Gasteiger partial charge in [0.1, 0.15) is 0 Å². The molecule has 0 bridgehead atoms. The van der Waals surface area contributed by atoms with Gasteiger partial charge in [-0.05, 0) is 11.8 Å². The Hall–Kier alpha value is -1.00. The second-order valence-corrected chi connectivity index (χ2v) is 4.04. The highest BCUT2D eigenvalue weighted by Gasteiger charge is 2.50. The van der Waals surface area contributed by atoms with Crippen molar-refractivity contribution in [1.29, 1.82) is 0 Å². The Bertz CT molecular complexity index is 264. The van der Waals surface area contributed by atoms with E-state index >= 15 is 0 Å². The molecule has 5 heteroatoms. The average Bonchev–Trinajstić information content (AvgIpc) is 1.97. The summed E-state index contributed by atoms with van der Waals surface area (Å²) in [4.78, 5) is 21.7. The van der Waals surface area contributed by atoms with Crippen LogP contribution in [-0.2, 0) is 14.3 Å². The Kier molecular flexibility index (Phi) is 2.05. The lowest BCUT2D eigenvalue weighted by molar-refractivity contribution is -0.174. The van der Waals surface area contributed by atoms with Crippen molar-refractivity contribution in [2.75, 3.05) is 0 Å². The van der Waals surface area contributed by atoms with Gasteiger partial charge in [-0.3, -0.25) is 9.59 Å². The zero-order valence-corrected chi connectivity index (χ0v) is 7.46. The van der Waals surface area contributed by atoms with Gasteiger partial charge in [0.15, 0.2) is 0 Å². The molecule has 0 radical (unpaired) electrons. The lowest BCUT2D eigenvalue weighted by Crippen LogP contribution is -2.42. The van der Waals surface area contributed by atoms with Crippen LogP contribution in [0, 0.1) is 11.8 Å². The summed E-state index contributed by atoms with van der Waals surface area (Å²) in [6, 6.07) is 0. The van der Waals surface area contributed by atoms with Crippen molar-refractivity contribution >= 4 is 11.9 Å². The third kappa shape index (κ3) is 1.76. The molecule has 2 fully saturated rings. The maximum atomic E-state index is 12.5. The molecule has 78 valence electrons. The fourth-order valence-corrected chi connectivity index (χ4v) is 2.08. The molecule has 14 heavy (non-hydrogen) atoms. The lowest BCUT2D eigenvalue weighted by Gasteiger charge is -2.40. The standard InChI is InChI=1S/C9H10F2O3/c10-9(11)3-6(4-9)5-1-7(12)14-8(13)2-5/h5-6H,1-4H2. The molecule has 0 atom stereocenters. The molecule has 2 aliphatic rings. The Balaban J connectivity index is 1.93. The first kappa shape index (κ1) is 9.55. The normalized spacial score (nSPS) is 28.4. The second-order valence-electron chi connectivity index (χ2n) is 4.04. The number of hydrogen-bond donors (Lipinski definition) is 0. The molecular formula is C9H10F2O3. The molecule has 0 aromatic carbocycles. The summed E-state index contributed by atoms with van der Waals surface area (Å²) in [5.74, 6) is -4.18. The van der Waals surface area contributed by atoms with Crippen LogP contribution in [0.5, 0.6) is 0 Å². The van der Waals surface area contributed by atoms with Crippen LogP contribution in [0.1, 0.15) is 25.7 Å². The molecule has 0 amide bonds. The Labute approximate surface area is 79.4 Å². The quantitative estimate of drug-likeness (QED) is 0.480. The van der Waals surface area contributed by atoms with Gasteiger partial charge in [-0.15, -0.1) is 0 Å². The number of alkyl halides is 2. The molecule has 0 spiro atoms. The molecule has 2 rings (SSSR count). The van der Waals surface area contributed by atoms with Crippen molar-refractivity contribution in [3.8, 4) is 0 Å². The molecule has 1 saturated heterocycles. The smallest absolute Gasteiger partial charge is 0.313 e. The van der Waals surface area contributed by atoms with E-state index in [0.717, 1.165) is 0 Å². The van der Waals surface area contributed by atoms with Crippen LogP contribution in [0.4, 0.5) is 8.78 Å². The summed E-state index contributed by atoms with van der Waals surface area (Å²) in [6.45, 7) is 0. The first-order chi connectivity index (χ1) is 6.46. The summed E-state index contributed by atoms with van der Waals surface area (Å²) in [6.07, 6.45) is -0.185. The summed E-state index contributed by atoms with van der Waals surface area (Å²) >= 11 is 0. The van der Waals surface area contributed by atoms with Gasteiger partial charge in [-0.1, -0.05) is 0 Å². The van der Waals surface area contributed by atoms with Gasteiger partial charge in [-0.25, -0.2) is 8.78 Å². The summed E-state index contributed by atoms with van der Waals surface area (Å²) in [7, 11) is 0. The predicted octanol–water partition coefficient (Wildman–Crippen LogP) is 1.51. The number of ether oxygens (including phenoxy) is 1. The number of carbonyl (C=O) groups is 2. The maximum Gasteiger partial charge on any atom is 0.313 e. The van der Waals surface area contributed by atoms with E-state index in [4.69, 9.17) is 0 Å². The van der Waals surface area contributed by atoms with Gasteiger partial charge in [0.05, 0.1) is 0 Å². The van der Waals surface area contributed by atoms with E-state index in [-0.39, 0.29) is 37.5 Å². The molecule has 0 N–H and O–H groups in total. The largest absolute Gasteiger partial charge is 0.393 e. The molecule has 1 aliphatic heterocycles. The van der Waals surface area contributed by atoms with Crippen LogP contribution in [0.15, 0.2) is 0 Å². The molecule has 1 saturated carbocycles. The van der Waals surface area contributed by atoms with E-state index in [1.54, 1.807) is 0 Å². The third-order valence-electron chi connectivity index (χ3n) is 2.87. The number of halogens is 2. The fraction of sp³-hybridized carbons (Fsp3) is 0.778. The van der Waals surface area contributed by atoms with E-state index in [1.807, 2.05) is 0 Å². The first-order valence-electron chi connectivity index (χ1n) is 4.58. The third-order valence-corrected chi connectivity index (χ3v) is 2.87. The van der Waals surface area contributed by atoms with E-state index < -0.39 is 17.9 Å². The van der Waals surface area contributed by atoms with Crippen LogP contribution in [0.3, 0.4) is 0 Å². The zero-order valence-electron chi connectivity index (χ0n) is 7.46. The van der Waals surface area contributed by atoms with E-state index in [9.17, 15) is 18.4 Å². The van der Waals surface area contributed by atoms with Crippen molar-refractivity contribution < 1.29 is 23.1 Å². The minimum atomic E-state index is -2.59. The first-order valence-corrected chi connectivity index (χ1v) is 4.58. The number of esters is 2. The van der Waals surface area contributed by atoms with Crippen LogP contribution in [0.2, 0.25) is 0 Å². The number of cyclic esters (lactones) is 2. The van der Waals surface area contributed by atoms with Crippen molar-refractivity contribution in [2.45, 2.75) is 31.6 Å². The van der Waals surface area contributed by atoms with E-state index in [0.29, 0.717) is 0 Å². The Morgan fingerprint density at radius 3 is 2.00 bits per heavy atom. The van der Waals surface area contributed by atoms with Crippen molar-refractivity contribution in [2.24, 2.45) is 11.8 Å². The summed E-state index contributed by atoms with van der Waals surface area (Å²) < 4.78 is 29.4. The van der Waals surface area contributed by atoms with Crippen molar-refractivity contribution in [3.05, 3.63) is 0 Å². The van der Waals surface area contributed by atoms with Gasteiger partial charge in [0.2, 0.25) is 5.92 Å². The molecule has 1 heterocycles. The topological polar surface area (TPSA) is 43.4 Å². The highest BCUT2D eigenvalue weighted by Crippen LogP contribution is 2.48. The highest BCUT2D eigenvalue weighted by atomic mass is 19.3. The number of rotatable bonds is 1. The van der Waals surface area contributed by atoms with Gasteiger partial charge in [0, 0.05) is 25.7 Å². The minimum Gasteiger partial charge on any atom is -0.393 e. The predicted molar refractivity (Wildman–Crippen MR) is 41.5 cm³/mol. The maximum absolute atomic E-state index is 12.5. The minimum absolute atomic E-state index is 0.104. The van der Waals surface area contributed by atoms with Gasteiger partial charge in [-0.2, -0.15) is 0 Å². The van der Waals surface area contributed by atoms with Crippen LogP contribution >= 0.6 is 0 Å². The van der Waals surface area contributed by atoms with Crippen molar-refractivity contribution in [1.82, 2.24) is 0 Å². The average molecular weight is 204 g/mol. The van der Waals surface area contributed by atoms with Crippen LogP contribution < -0.4 is 0 Å². The molecule has 1 aliphatic carbocycles. The second kappa shape index (κ2) is 3.00. The molecule has 0 aromatic rings. The molecule has 0 aromatic heterocycles. The Morgan fingerprint density at radius 1 is 1.07 bits per heavy atom. The summed E-state index contributed by atoms with van der Waals surface area (Å²) in [5.41, 5.74) is 0. The summed E-state index contributed by atoms with van der Waals surface area (Å²) in [5, 5.41) is 0. The van der Waals surface area contributed by atoms with Gasteiger partial charge in [0.25, 0.3) is 0 Å². The Morgan fingerprint density at radius 2 is 1.57 bits per heavy atom. The molecule has 0 unspecified atom stereocenters. The fourth-order valence-electron chi connectivity index (χ4n) is 2.08. The van der Waals surface area contributed by atoms with Crippen LogP contribution in [-0.4, -0.2) is 17.9 Å². The lowest BCUT2D eigenvalue weighted by atomic mass is 9.70. The SMILES string of the molecule is O=C1CC(C2CC(F)(F)C2)CC(=O)O1. The van der Waals surface area contributed by atoms with E-state index in [1.165, 1.54) is 0 Å². The number of hydrogen-bond acceptors (Lipinski definition) is 3. The van der Waals surface area contributed by atoms with E-state index in [2.05, 4.69) is 4.74 Å². The monoisotopic (exact) mass is 204 g/mol.